The van der Waals surface area contributed by atoms with E-state index < -0.39 is 0 Å². The fourth-order valence-electron chi connectivity index (χ4n) is 4.24. The average Bonchev–Trinajstić information content (AvgIpc) is 3.35. The van der Waals surface area contributed by atoms with Crippen molar-refractivity contribution >= 4 is 23.6 Å². The lowest BCUT2D eigenvalue weighted by molar-refractivity contribution is -0.128. The number of carbonyl (C=O) groups excluding carboxylic acids is 2. The summed E-state index contributed by atoms with van der Waals surface area (Å²) in [6.45, 7) is 4.59. The van der Waals surface area contributed by atoms with Crippen molar-refractivity contribution in [3.8, 4) is 0 Å². The molecule has 0 aliphatic carbocycles. The highest BCUT2D eigenvalue weighted by Crippen LogP contribution is 2.39. The molecule has 1 aromatic carbocycles. The van der Waals surface area contributed by atoms with Gasteiger partial charge < -0.3 is 19.5 Å². The first-order chi connectivity index (χ1) is 15.2. The summed E-state index contributed by atoms with van der Waals surface area (Å²) in [5.41, 5.74) is 1.69. The third kappa shape index (κ3) is 5.92. The van der Waals surface area contributed by atoms with E-state index in [0.29, 0.717) is 24.4 Å². The molecule has 2 aliphatic rings. The van der Waals surface area contributed by atoms with Gasteiger partial charge in [0.05, 0.1) is 18.6 Å². The summed E-state index contributed by atoms with van der Waals surface area (Å²) in [5.74, 6) is 1.31. The Morgan fingerprint density at radius 2 is 1.87 bits per heavy atom. The minimum Gasteiger partial charge on any atom is -0.467 e. The molecule has 2 amide bonds. The molecule has 7 heteroatoms. The monoisotopic (exact) mass is 441 g/mol. The van der Waals surface area contributed by atoms with Gasteiger partial charge in [-0.25, -0.2) is 0 Å². The molecule has 2 aromatic rings. The van der Waals surface area contributed by atoms with E-state index in [-0.39, 0.29) is 17.2 Å². The fourth-order valence-corrected chi connectivity index (χ4v) is 5.43. The summed E-state index contributed by atoms with van der Waals surface area (Å²) in [6.07, 6.45) is 7.88. The topological polar surface area (TPSA) is 65.8 Å². The third-order valence-electron chi connectivity index (χ3n) is 5.97. The molecule has 2 fully saturated rings. The molecule has 0 unspecified atom stereocenters. The minimum atomic E-state index is -0.0525. The van der Waals surface area contributed by atoms with E-state index >= 15 is 0 Å². The van der Waals surface area contributed by atoms with Crippen molar-refractivity contribution in [2.45, 2.75) is 44.0 Å². The molecule has 3 heterocycles. The zero-order chi connectivity index (χ0) is 21.5. The lowest BCUT2D eigenvalue weighted by Crippen LogP contribution is -2.30. The van der Waals surface area contributed by atoms with Crippen molar-refractivity contribution in [1.29, 1.82) is 0 Å². The number of hydrogen-bond donors (Lipinski definition) is 1. The normalized spacial score (nSPS) is 20.1. The molecule has 4 rings (SSSR count). The number of furan rings is 1. The fraction of sp³-hybridized carbons (Fsp3) is 0.500. The van der Waals surface area contributed by atoms with Crippen molar-refractivity contribution in [2.75, 3.05) is 31.9 Å². The van der Waals surface area contributed by atoms with Gasteiger partial charge in [0, 0.05) is 12.1 Å². The first-order valence-electron chi connectivity index (χ1n) is 11.2. The zero-order valence-electron chi connectivity index (χ0n) is 17.9. The summed E-state index contributed by atoms with van der Waals surface area (Å²) in [5, 5.41) is 2.99. The highest BCUT2D eigenvalue weighted by Gasteiger charge is 2.33. The number of rotatable bonds is 8. The van der Waals surface area contributed by atoms with Gasteiger partial charge in [0.1, 0.15) is 11.1 Å². The predicted octanol–water partition coefficient (Wildman–Crippen LogP) is 4.05. The number of likely N-dealkylation sites (tertiary alicyclic amines) is 1. The van der Waals surface area contributed by atoms with Crippen LogP contribution in [0.1, 0.15) is 59.2 Å². The molecule has 1 aromatic heterocycles. The second kappa shape index (κ2) is 10.9. The number of hydrogen-bond acceptors (Lipinski definition) is 5. The Morgan fingerprint density at radius 3 is 2.58 bits per heavy atom. The minimum absolute atomic E-state index is 0.0370. The number of thioether (sulfide) groups is 1. The van der Waals surface area contributed by atoms with Crippen LogP contribution in [0.15, 0.2) is 47.1 Å². The number of carbonyl (C=O) groups is 2. The van der Waals surface area contributed by atoms with Gasteiger partial charge in [0.25, 0.3) is 5.91 Å². The van der Waals surface area contributed by atoms with Crippen molar-refractivity contribution < 1.29 is 14.0 Å². The van der Waals surface area contributed by atoms with Crippen LogP contribution in [0.4, 0.5) is 0 Å². The Bertz CT molecular complexity index is 845. The van der Waals surface area contributed by atoms with E-state index in [0.717, 1.165) is 24.3 Å². The molecule has 0 bridgehead atoms. The third-order valence-corrected chi connectivity index (χ3v) is 7.22. The van der Waals surface area contributed by atoms with Crippen LogP contribution in [-0.2, 0) is 11.3 Å². The molecule has 6 nitrogen and oxygen atoms in total. The summed E-state index contributed by atoms with van der Waals surface area (Å²) in [4.78, 5) is 29.2. The van der Waals surface area contributed by atoms with Gasteiger partial charge in [-0.3, -0.25) is 9.59 Å². The van der Waals surface area contributed by atoms with Crippen LogP contribution in [0, 0.1) is 0 Å². The van der Waals surface area contributed by atoms with Crippen molar-refractivity contribution in [1.82, 2.24) is 15.1 Å². The molecule has 1 N–H and O–H groups in total. The Hall–Kier alpha value is -2.25. The molecule has 0 radical (unpaired) electrons. The van der Waals surface area contributed by atoms with E-state index in [1.165, 1.54) is 38.8 Å². The molecule has 0 spiro atoms. The quantitative estimate of drug-likeness (QED) is 0.626. The highest BCUT2D eigenvalue weighted by molar-refractivity contribution is 8.00. The van der Waals surface area contributed by atoms with E-state index in [4.69, 9.17) is 4.42 Å². The van der Waals surface area contributed by atoms with Crippen LogP contribution < -0.4 is 5.32 Å². The van der Waals surface area contributed by atoms with E-state index in [9.17, 15) is 9.59 Å². The van der Waals surface area contributed by atoms with Crippen LogP contribution in [0.3, 0.4) is 0 Å². The average molecular weight is 442 g/mol. The predicted molar refractivity (Wildman–Crippen MR) is 123 cm³/mol. The lowest BCUT2D eigenvalue weighted by atomic mass is 10.1. The van der Waals surface area contributed by atoms with E-state index in [1.54, 1.807) is 18.0 Å². The van der Waals surface area contributed by atoms with Crippen molar-refractivity contribution in [3.63, 3.8) is 0 Å². The smallest absolute Gasteiger partial charge is 0.251 e. The van der Waals surface area contributed by atoms with Gasteiger partial charge in [0.2, 0.25) is 5.91 Å². The van der Waals surface area contributed by atoms with Crippen LogP contribution in [0.25, 0.3) is 0 Å². The largest absolute Gasteiger partial charge is 0.467 e. The summed E-state index contributed by atoms with van der Waals surface area (Å²) < 4.78 is 5.41. The maximum absolute atomic E-state index is 12.5. The van der Waals surface area contributed by atoms with Crippen LogP contribution in [0.5, 0.6) is 0 Å². The first kappa shape index (κ1) is 22.0. The molecular formula is C24H31N3O3S. The molecule has 166 valence electrons. The summed E-state index contributed by atoms with van der Waals surface area (Å²) >= 11 is 1.61. The SMILES string of the molecule is O=C(NCCCN1CCCCCC1)c1ccc([C@@H]2SCC(=O)N2Cc2ccco2)cc1. The second-order valence-corrected chi connectivity index (χ2v) is 9.32. The van der Waals surface area contributed by atoms with Gasteiger partial charge in [-0.2, -0.15) is 0 Å². The molecule has 2 aliphatic heterocycles. The van der Waals surface area contributed by atoms with Crippen LogP contribution in [-0.4, -0.2) is 53.5 Å². The Morgan fingerprint density at radius 1 is 1.10 bits per heavy atom. The number of amides is 2. The van der Waals surface area contributed by atoms with E-state index in [1.807, 2.05) is 41.3 Å². The molecule has 0 saturated carbocycles. The molecule has 2 saturated heterocycles. The van der Waals surface area contributed by atoms with Gasteiger partial charge in [-0.05, 0) is 68.7 Å². The standard InChI is InChI=1S/C24H31N3O3S/c28-22-18-31-24(27(22)17-21-7-5-16-30-21)20-10-8-19(9-11-20)23(29)25-12-6-15-26-13-3-1-2-4-14-26/h5,7-11,16,24H,1-4,6,12-15,17-18H2,(H,25,29)/t24-/m0/s1. The zero-order valence-corrected chi connectivity index (χ0v) is 18.7. The number of nitrogens with zero attached hydrogens (tertiary/aromatic N) is 2. The van der Waals surface area contributed by atoms with Crippen molar-refractivity contribution in [2.24, 2.45) is 0 Å². The van der Waals surface area contributed by atoms with Crippen LogP contribution >= 0.6 is 11.8 Å². The molecule has 1 atom stereocenters. The highest BCUT2D eigenvalue weighted by atomic mass is 32.2. The number of nitrogens with one attached hydrogen (secondary N) is 1. The maximum atomic E-state index is 12.5. The maximum Gasteiger partial charge on any atom is 0.251 e. The first-order valence-corrected chi connectivity index (χ1v) is 12.3. The van der Waals surface area contributed by atoms with Crippen molar-refractivity contribution in [3.05, 3.63) is 59.5 Å². The summed E-state index contributed by atoms with van der Waals surface area (Å²) in [6, 6.07) is 11.3. The van der Waals surface area contributed by atoms with Gasteiger partial charge in [-0.15, -0.1) is 11.8 Å². The van der Waals surface area contributed by atoms with Gasteiger partial charge in [0.15, 0.2) is 0 Å². The molecule has 31 heavy (non-hydrogen) atoms. The lowest BCUT2D eigenvalue weighted by Gasteiger charge is -2.23. The molecular weight excluding hydrogens is 410 g/mol. The second-order valence-electron chi connectivity index (χ2n) is 8.25. The van der Waals surface area contributed by atoms with E-state index in [2.05, 4.69) is 10.2 Å². The number of benzene rings is 1. The van der Waals surface area contributed by atoms with Crippen LogP contribution in [0.2, 0.25) is 0 Å². The summed E-state index contributed by atoms with van der Waals surface area (Å²) in [7, 11) is 0. The Balaban J connectivity index is 1.27. The Kier molecular flexibility index (Phi) is 7.70. The Labute approximate surface area is 188 Å². The van der Waals surface area contributed by atoms with Gasteiger partial charge in [-0.1, -0.05) is 25.0 Å². The van der Waals surface area contributed by atoms with Gasteiger partial charge >= 0.3 is 0 Å².